The zero-order valence-corrected chi connectivity index (χ0v) is 46.3. The number of nitrogens with one attached hydrogen (secondary N) is 1. The van der Waals surface area contributed by atoms with Crippen LogP contribution in [0.1, 0.15) is 21.5 Å². The molecule has 5 N–H and O–H groups in total. The molecule has 0 bridgehead atoms. The number of aromatic nitrogens is 4. The minimum absolute atomic E-state index is 0.143. The van der Waals surface area contributed by atoms with E-state index in [2.05, 4.69) is 33.2 Å². The molecule has 0 radical (unpaired) electrons. The summed E-state index contributed by atoms with van der Waals surface area (Å²) in [4.78, 5) is 23.2. The molecule has 0 aliphatic heterocycles. The van der Waals surface area contributed by atoms with Gasteiger partial charge >= 0.3 is 0 Å². The molecule has 11 nitrogen and oxygen atoms in total. The molecule has 0 unspecified atom stereocenters. The molecule has 0 saturated carbocycles. The lowest BCUT2D eigenvalue weighted by Crippen LogP contribution is -2.14. The predicted molar refractivity (Wildman–Crippen MR) is 324 cm³/mol. The first-order chi connectivity index (χ1) is 39.4. The van der Waals surface area contributed by atoms with Gasteiger partial charge in [0.2, 0.25) is 0 Å². The molecule has 0 spiro atoms. The molecule has 0 aliphatic rings. The van der Waals surface area contributed by atoms with Crippen LogP contribution in [-0.2, 0) is 19.1 Å². The number of hydrogen-bond acceptors (Lipinski definition) is 9. The minimum Gasteiger partial charge on any atom is -0.397 e. The van der Waals surface area contributed by atoms with E-state index in [1.807, 2.05) is 123 Å². The van der Waals surface area contributed by atoms with Crippen LogP contribution in [0.25, 0.3) is 77.2 Å². The van der Waals surface area contributed by atoms with Crippen LogP contribution in [0.3, 0.4) is 0 Å². The van der Waals surface area contributed by atoms with E-state index in [0.29, 0.717) is 22.3 Å². The molecule has 0 fully saturated rings. The van der Waals surface area contributed by atoms with Gasteiger partial charge in [-0.15, -0.1) is 0 Å². The third kappa shape index (κ3) is 13.2. The Labute approximate surface area is 475 Å². The number of carbonyl (C=O) groups excluding carboxylic acids is 1. The van der Waals surface area contributed by atoms with E-state index in [0.717, 1.165) is 72.2 Å². The predicted octanol–water partition coefficient (Wildman–Crippen LogP) is 15.6. The molecule has 410 valence electrons. The molecular weight excluding hydrogens is 1100 g/mol. The second-order valence-electron chi connectivity index (χ2n) is 18.7. The fourth-order valence-corrected chi connectivity index (χ4v) is 11.1. The largest absolute Gasteiger partial charge is 0.397 e. The van der Waals surface area contributed by atoms with E-state index >= 15 is 0 Å². The van der Waals surface area contributed by atoms with Crippen LogP contribution in [0.15, 0.2) is 240 Å². The van der Waals surface area contributed by atoms with Crippen molar-refractivity contribution in [1.29, 1.82) is 0 Å². The number of benzene rings is 11. The van der Waals surface area contributed by atoms with Crippen molar-refractivity contribution in [3.05, 3.63) is 265 Å². The molecule has 82 heavy (non-hydrogen) atoms. The van der Waals surface area contributed by atoms with Gasteiger partial charge in [0.1, 0.15) is 23.3 Å². The highest BCUT2D eigenvalue weighted by atomic mass is 35.7. The van der Waals surface area contributed by atoms with Crippen molar-refractivity contribution in [2.45, 2.75) is 23.6 Å². The van der Waals surface area contributed by atoms with Gasteiger partial charge < -0.3 is 16.5 Å². The highest BCUT2D eigenvalue weighted by Crippen LogP contribution is 2.35. The molecule has 13 aromatic rings. The van der Waals surface area contributed by atoms with Crippen molar-refractivity contribution >= 4 is 102 Å². The minimum atomic E-state index is -3.97. The van der Waals surface area contributed by atoms with Gasteiger partial charge in [0.15, 0.2) is 12.1 Å². The normalized spacial score (nSPS) is 11.1. The number of halogens is 4. The van der Waals surface area contributed by atoms with Gasteiger partial charge in [0.05, 0.1) is 43.2 Å². The summed E-state index contributed by atoms with van der Waals surface area (Å²) in [6, 6.07) is 66.7. The van der Waals surface area contributed by atoms with Gasteiger partial charge in [-0.2, -0.15) is 0 Å². The third-order valence-corrected chi connectivity index (χ3v) is 16.0. The number of nitrogens with two attached hydrogens (primary N) is 2. The Balaban J connectivity index is 0.000000134. The number of aldehydes is 1. The summed E-state index contributed by atoms with van der Waals surface area (Å²) in [7, 11) is -2.43. The van der Waals surface area contributed by atoms with Crippen molar-refractivity contribution in [3.63, 3.8) is 0 Å². The maximum atomic E-state index is 13.9. The molecular formula is C65H50ClF3N6O5S2. The van der Waals surface area contributed by atoms with Crippen LogP contribution >= 0.6 is 10.7 Å². The summed E-state index contributed by atoms with van der Waals surface area (Å²) in [5.74, 6) is -0.0629. The molecule has 2 heterocycles. The number of nitrogens with zero attached hydrogens (tertiary/aromatic N) is 3. The van der Waals surface area contributed by atoms with Crippen molar-refractivity contribution in [2.75, 3.05) is 11.5 Å². The number of fused-ring (bicyclic) bond motifs is 5. The molecule has 0 saturated heterocycles. The van der Waals surface area contributed by atoms with Crippen LogP contribution in [0.2, 0.25) is 0 Å². The number of carbonyl (C=O) groups is 1. The molecule has 13 rings (SSSR count). The van der Waals surface area contributed by atoms with E-state index in [-0.39, 0.29) is 38.5 Å². The number of hydrogen-bond donors (Lipinski definition) is 3. The number of H-pyrrole nitrogens is 1. The van der Waals surface area contributed by atoms with E-state index < -0.39 is 24.9 Å². The Kier molecular flexibility index (Phi) is 17.3. The Hall–Kier alpha value is -9.61. The van der Waals surface area contributed by atoms with Gasteiger partial charge in [-0.1, -0.05) is 163 Å². The number of aromatic amines is 1. The number of nitrogen functional groups attached to an aromatic ring is 2. The number of imidazole rings is 2. The Morgan fingerprint density at radius 1 is 0.488 bits per heavy atom. The summed E-state index contributed by atoms with van der Waals surface area (Å²) in [6.07, 6.45) is 0.891. The third-order valence-electron chi connectivity index (χ3n) is 13.0. The second kappa shape index (κ2) is 24.8. The molecule has 17 heteroatoms. The van der Waals surface area contributed by atoms with Crippen LogP contribution in [0.5, 0.6) is 0 Å². The fraction of sp³-hybridized carbons (Fsp3) is 0.0308. The first-order valence-corrected chi connectivity index (χ1v) is 29.0. The average Bonchev–Trinajstić information content (AvgIpc) is 3.23. The number of aryl methyl sites for hydroxylation is 2. The van der Waals surface area contributed by atoms with Gasteiger partial charge in [-0.05, 0) is 119 Å². The molecule has 0 atom stereocenters. The van der Waals surface area contributed by atoms with Crippen molar-refractivity contribution < 1.29 is 34.8 Å². The summed E-state index contributed by atoms with van der Waals surface area (Å²) in [5.41, 5.74) is 17.8. The van der Waals surface area contributed by atoms with Crippen molar-refractivity contribution in [3.8, 4) is 22.8 Å². The van der Waals surface area contributed by atoms with E-state index in [9.17, 15) is 34.8 Å². The van der Waals surface area contributed by atoms with Crippen molar-refractivity contribution in [2.24, 2.45) is 0 Å². The highest BCUT2D eigenvalue weighted by molar-refractivity contribution is 8.13. The van der Waals surface area contributed by atoms with E-state index in [1.54, 1.807) is 42.5 Å². The lowest BCUT2D eigenvalue weighted by atomic mass is 10.0. The molecule has 2 aromatic heterocycles. The Bertz CT molecular complexity index is 4680. The molecule has 11 aromatic carbocycles. The first-order valence-electron chi connectivity index (χ1n) is 25.2. The summed E-state index contributed by atoms with van der Waals surface area (Å²) in [6.45, 7) is 3.78. The number of anilines is 2. The highest BCUT2D eigenvalue weighted by Gasteiger charge is 2.26. The monoisotopic (exact) mass is 1150 g/mol. The van der Waals surface area contributed by atoms with E-state index in [1.165, 1.54) is 64.6 Å². The van der Waals surface area contributed by atoms with Gasteiger partial charge in [0, 0.05) is 33.4 Å². The zero-order chi connectivity index (χ0) is 58.1. The van der Waals surface area contributed by atoms with Crippen LogP contribution in [0.4, 0.5) is 24.5 Å². The lowest BCUT2D eigenvalue weighted by molar-refractivity contribution is 0.112. The quantitative estimate of drug-likeness (QED) is 0.0828. The number of rotatable bonds is 6. The molecule has 0 aliphatic carbocycles. The second-order valence-corrected chi connectivity index (χ2v) is 23.0. The Morgan fingerprint density at radius 3 is 1.56 bits per heavy atom. The van der Waals surface area contributed by atoms with Crippen LogP contribution in [0, 0.1) is 31.3 Å². The standard InChI is InChI=1S/C24H17FN2O2S.C17H11FN2.C11H8O.C7H7ClO2S.C6H7FN2/c1-16-9-12-19(13-10-16)30(28,29)27-23-14-11-18(25)15-22(23)26-24(27)21-8-4-6-17-5-2-3-7-20(17)21;18-12-8-9-15-16(10-12)20-17(19-15)14-7-3-5-11-4-1-2-6-13(11)14;12-8-10-6-3-5-9-4-1-2-7-11(9)10;1-6-2-4-7(5-3-6)11(8,9)10;7-4-1-2-5(8)6(9)3-4/h2-15H,1H3;1-10H,(H,19,20);1-8H;2-5H,1H3;1-3H,8-9H2. The van der Waals surface area contributed by atoms with Gasteiger partial charge in [-0.3, -0.25) is 4.79 Å². The lowest BCUT2D eigenvalue weighted by Gasteiger charge is -2.12. The summed E-state index contributed by atoms with van der Waals surface area (Å²) in [5, 5.41) is 6.27. The fourth-order valence-electron chi connectivity index (χ4n) is 8.82. The van der Waals surface area contributed by atoms with E-state index in [4.69, 9.17) is 22.1 Å². The SMILES string of the molecule is Cc1ccc(S(=O)(=O)Cl)cc1.Cc1ccc(S(=O)(=O)n2c(-c3cccc4ccccc34)nc3cc(F)ccc32)cc1.Fc1ccc2nc(-c3cccc4ccccc34)[nH]c2c1.Nc1ccc(F)cc1N.O=Cc1cccc2ccccc12. The zero-order valence-electron chi connectivity index (χ0n) is 43.9. The Morgan fingerprint density at radius 2 is 0.976 bits per heavy atom. The van der Waals surface area contributed by atoms with Gasteiger partial charge in [0.25, 0.3) is 19.1 Å². The molecule has 0 amide bonds. The summed E-state index contributed by atoms with van der Waals surface area (Å²) < 4.78 is 89.3. The average molecular weight is 1150 g/mol. The van der Waals surface area contributed by atoms with Crippen molar-refractivity contribution in [1.82, 2.24) is 18.9 Å². The topological polar surface area (TPSA) is 184 Å². The maximum Gasteiger partial charge on any atom is 0.269 e. The smallest absolute Gasteiger partial charge is 0.269 e. The summed E-state index contributed by atoms with van der Waals surface area (Å²) >= 11 is 0. The maximum absolute atomic E-state index is 13.9. The van der Waals surface area contributed by atoms with Crippen LogP contribution in [-0.4, -0.2) is 42.0 Å². The first kappa shape index (κ1) is 57.1. The van der Waals surface area contributed by atoms with Gasteiger partial charge in [-0.25, -0.2) is 43.9 Å². The van der Waals surface area contributed by atoms with Crippen LogP contribution < -0.4 is 11.5 Å².